The van der Waals surface area contributed by atoms with Crippen LogP contribution in [0.15, 0.2) is 45.8 Å². The molecule has 0 aliphatic rings. The molecule has 2 aromatic rings. The molecule has 0 aromatic heterocycles. The normalized spacial score (nSPS) is 11.2. The standard InChI is InChI=1S/C14H13BrClNO3S/c1-9-3-4-10(15)7-14(9)21(18,19)17-11-5-6-12(16)13(8-11)20-2/h3-8,17H,1-2H3. The first kappa shape index (κ1) is 16.1. The number of hydrogen-bond acceptors (Lipinski definition) is 3. The van der Waals surface area contributed by atoms with Crippen molar-refractivity contribution in [3.8, 4) is 5.75 Å². The minimum absolute atomic E-state index is 0.214. The van der Waals surface area contributed by atoms with Crippen molar-refractivity contribution in [3.63, 3.8) is 0 Å². The number of ether oxygens (including phenoxy) is 1. The fourth-order valence-corrected chi connectivity index (χ4v) is 3.83. The lowest BCUT2D eigenvalue weighted by atomic mass is 10.2. The van der Waals surface area contributed by atoms with Gasteiger partial charge in [-0.05, 0) is 36.8 Å². The van der Waals surface area contributed by atoms with Crippen LogP contribution < -0.4 is 9.46 Å². The van der Waals surface area contributed by atoms with Crippen molar-refractivity contribution in [1.82, 2.24) is 0 Å². The van der Waals surface area contributed by atoms with E-state index in [1.165, 1.54) is 13.2 Å². The van der Waals surface area contributed by atoms with E-state index in [0.717, 1.165) is 0 Å². The Hall–Kier alpha value is -1.24. The monoisotopic (exact) mass is 389 g/mol. The van der Waals surface area contributed by atoms with Gasteiger partial charge in [0.2, 0.25) is 0 Å². The van der Waals surface area contributed by atoms with E-state index in [9.17, 15) is 8.42 Å². The predicted molar refractivity (Wildman–Crippen MR) is 87.7 cm³/mol. The van der Waals surface area contributed by atoms with Crippen molar-refractivity contribution in [3.05, 3.63) is 51.5 Å². The SMILES string of the molecule is COc1cc(NS(=O)(=O)c2cc(Br)ccc2C)ccc1Cl. The van der Waals surface area contributed by atoms with Crippen molar-refractivity contribution in [2.24, 2.45) is 0 Å². The zero-order chi connectivity index (χ0) is 15.6. The molecule has 1 N–H and O–H groups in total. The highest BCUT2D eigenvalue weighted by Crippen LogP contribution is 2.29. The number of methoxy groups -OCH3 is 1. The summed E-state index contributed by atoms with van der Waals surface area (Å²) in [7, 11) is -2.21. The minimum atomic E-state index is -3.68. The molecule has 0 heterocycles. The highest BCUT2D eigenvalue weighted by atomic mass is 79.9. The first-order chi connectivity index (χ1) is 9.83. The average Bonchev–Trinajstić information content (AvgIpc) is 2.43. The van der Waals surface area contributed by atoms with E-state index in [4.69, 9.17) is 16.3 Å². The molecule has 0 bridgehead atoms. The Bertz CT molecular complexity index is 778. The van der Waals surface area contributed by atoms with Gasteiger partial charge in [0.05, 0.1) is 22.7 Å². The number of nitrogens with one attached hydrogen (secondary N) is 1. The molecular weight excluding hydrogens is 378 g/mol. The summed E-state index contributed by atoms with van der Waals surface area (Å²) in [6.45, 7) is 1.74. The van der Waals surface area contributed by atoms with Gasteiger partial charge >= 0.3 is 0 Å². The van der Waals surface area contributed by atoms with Gasteiger partial charge in [-0.3, -0.25) is 4.72 Å². The molecule has 4 nitrogen and oxygen atoms in total. The van der Waals surface area contributed by atoms with Crippen LogP contribution in [0.2, 0.25) is 5.02 Å². The van der Waals surface area contributed by atoms with E-state index in [0.29, 0.717) is 26.5 Å². The second-order valence-electron chi connectivity index (χ2n) is 4.36. The molecule has 7 heteroatoms. The molecule has 2 aromatic carbocycles. The number of aryl methyl sites for hydroxylation is 1. The number of halogens is 2. The van der Waals surface area contributed by atoms with Gasteiger partial charge in [-0.2, -0.15) is 0 Å². The Labute approximate surface area is 137 Å². The largest absolute Gasteiger partial charge is 0.495 e. The zero-order valence-corrected chi connectivity index (χ0v) is 14.5. The van der Waals surface area contributed by atoms with E-state index in [1.807, 2.05) is 0 Å². The summed E-state index contributed by atoms with van der Waals surface area (Å²) in [6.07, 6.45) is 0. The Morgan fingerprint density at radius 1 is 1.19 bits per heavy atom. The zero-order valence-electron chi connectivity index (χ0n) is 11.4. The van der Waals surface area contributed by atoms with E-state index >= 15 is 0 Å². The van der Waals surface area contributed by atoms with Gasteiger partial charge in [0.25, 0.3) is 10.0 Å². The lowest BCUT2D eigenvalue weighted by Crippen LogP contribution is -2.14. The average molecular weight is 391 g/mol. The van der Waals surface area contributed by atoms with Crippen molar-refractivity contribution in [2.45, 2.75) is 11.8 Å². The number of anilines is 1. The molecule has 0 amide bonds. The van der Waals surface area contributed by atoms with E-state index in [-0.39, 0.29) is 4.90 Å². The van der Waals surface area contributed by atoms with E-state index in [2.05, 4.69) is 20.7 Å². The molecule has 112 valence electrons. The van der Waals surface area contributed by atoms with E-state index < -0.39 is 10.0 Å². The molecule has 0 atom stereocenters. The Kier molecular flexibility index (Phi) is 4.81. The molecule has 0 aliphatic carbocycles. The minimum Gasteiger partial charge on any atom is -0.495 e. The fraction of sp³-hybridized carbons (Fsp3) is 0.143. The predicted octanol–water partition coefficient (Wildman–Crippen LogP) is 4.22. The maximum absolute atomic E-state index is 12.5. The Morgan fingerprint density at radius 3 is 2.57 bits per heavy atom. The molecule has 0 unspecified atom stereocenters. The van der Waals surface area contributed by atoms with Gasteiger partial charge in [0.1, 0.15) is 5.75 Å². The summed E-state index contributed by atoms with van der Waals surface area (Å²) >= 11 is 9.20. The lowest BCUT2D eigenvalue weighted by Gasteiger charge is -2.12. The molecule has 21 heavy (non-hydrogen) atoms. The molecule has 0 spiro atoms. The quantitative estimate of drug-likeness (QED) is 0.850. The van der Waals surface area contributed by atoms with E-state index in [1.54, 1.807) is 37.3 Å². The third-order valence-electron chi connectivity index (χ3n) is 2.84. The maximum atomic E-state index is 12.5. The topological polar surface area (TPSA) is 55.4 Å². The van der Waals surface area contributed by atoms with Crippen molar-refractivity contribution in [1.29, 1.82) is 0 Å². The third kappa shape index (κ3) is 3.70. The molecule has 0 saturated carbocycles. The molecule has 2 rings (SSSR count). The van der Waals surface area contributed by atoms with Gasteiger partial charge in [-0.15, -0.1) is 0 Å². The number of benzene rings is 2. The first-order valence-corrected chi connectivity index (χ1v) is 8.61. The van der Waals surface area contributed by atoms with Crippen LogP contribution in [0.25, 0.3) is 0 Å². The Balaban J connectivity index is 2.40. The summed E-state index contributed by atoms with van der Waals surface area (Å²) in [5, 5.41) is 0.416. The fourth-order valence-electron chi connectivity index (χ4n) is 1.80. The molecule has 0 fully saturated rings. The second-order valence-corrected chi connectivity index (χ2v) is 7.34. The highest BCUT2D eigenvalue weighted by Gasteiger charge is 2.18. The van der Waals surface area contributed by atoms with Gasteiger partial charge in [0, 0.05) is 10.5 Å². The van der Waals surface area contributed by atoms with Crippen LogP contribution in [0, 0.1) is 6.92 Å². The lowest BCUT2D eigenvalue weighted by molar-refractivity contribution is 0.415. The number of rotatable bonds is 4. The molecular formula is C14H13BrClNO3S. The molecule has 0 radical (unpaired) electrons. The summed E-state index contributed by atoms with van der Waals surface area (Å²) in [5.74, 6) is 0.405. The van der Waals surface area contributed by atoms with Crippen LogP contribution in [-0.4, -0.2) is 15.5 Å². The molecule has 0 saturated heterocycles. The molecule has 0 aliphatic heterocycles. The van der Waals surface area contributed by atoms with Crippen LogP contribution in [0.1, 0.15) is 5.56 Å². The van der Waals surface area contributed by atoms with Crippen LogP contribution in [-0.2, 0) is 10.0 Å². The Morgan fingerprint density at radius 2 is 1.90 bits per heavy atom. The second kappa shape index (κ2) is 6.25. The number of hydrogen-bond donors (Lipinski definition) is 1. The van der Waals surface area contributed by atoms with Crippen molar-refractivity contribution in [2.75, 3.05) is 11.8 Å². The first-order valence-electron chi connectivity index (χ1n) is 5.96. The van der Waals surface area contributed by atoms with Crippen LogP contribution in [0.5, 0.6) is 5.75 Å². The van der Waals surface area contributed by atoms with Crippen LogP contribution in [0.4, 0.5) is 5.69 Å². The highest BCUT2D eigenvalue weighted by molar-refractivity contribution is 9.10. The maximum Gasteiger partial charge on any atom is 0.262 e. The van der Waals surface area contributed by atoms with Crippen LogP contribution in [0.3, 0.4) is 0 Å². The van der Waals surface area contributed by atoms with Crippen molar-refractivity contribution < 1.29 is 13.2 Å². The van der Waals surface area contributed by atoms with Gasteiger partial charge < -0.3 is 4.74 Å². The summed E-state index contributed by atoms with van der Waals surface area (Å²) < 4.78 is 33.2. The number of sulfonamides is 1. The van der Waals surface area contributed by atoms with Gasteiger partial charge in [0.15, 0.2) is 0 Å². The summed E-state index contributed by atoms with van der Waals surface area (Å²) in [4.78, 5) is 0.214. The smallest absolute Gasteiger partial charge is 0.262 e. The third-order valence-corrected chi connectivity index (χ3v) is 5.17. The summed E-state index contributed by atoms with van der Waals surface area (Å²) in [6, 6.07) is 9.78. The van der Waals surface area contributed by atoms with Crippen LogP contribution >= 0.6 is 27.5 Å². The summed E-state index contributed by atoms with van der Waals surface area (Å²) in [5.41, 5.74) is 1.04. The van der Waals surface area contributed by atoms with Gasteiger partial charge in [-0.1, -0.05) is 33.6 Å². The van der Waals surface area contributed by atoms with Crippen molar-refractivity contribution >= 4 is 43.2 Å². The van der Waals surface area contributed by atoms with Gasteiger partial charge in [-0.25, -0.2) is 8.42 Å².